The number of nitrogens with one attached hydrogen (secondary N) is 1. The minimum Gasteiger partial charge on any atom is -0.480 e. The number of aliphatic hydroxyl groups is 1. The molecule has 1 heterocycles. The summed E-state index contributed by atoms with van der Waals surface area (Å²) in [6, 6.07) is -1.23. The average molecular weight is 270 g/mol. The van der Waals surface area contributed by atoms with Crippen molar-refractivity contribution in [3.63, 3.8) is 0 Å². The van der Waals surface area contributed by atoms with Crippen molar-refractivity contribution in [2.45, 2.75) is 50.7 Å². The van der Waals surface area contributed by atoms with Crippen LogP contribution in [0.4, 0.5) is 4.79 Å². The van der Waals surface area contributed by atoms with Gasteiger partial charge >= 0.3 is 12.0 Å². The lowest BCUT2D eigenvalue weighted by molar-refractivity contribution is -0.138. The van der Waals surface area contributed by atoms with Crippen molar-refractivity contribution in [1.29, 1.82) is 0 Å². The van der Waals surface area contributed by atoms with Gasteiger partial charge in [0.25, 0.3) is 0 Å². The summed E-state index contributed by atoms with van der Waals surface area (Å²) >= 11 is 0. The summed E-state index contributed by atoms with van der Waals surface area (Å²) in [4.78, 5) is 24.3. The Morgan fingerprint density at radius 2 is 2.11 bits per heavy atom. The highest BCUT2D eigenvalue weighted by atomic mass is 16.4. The van der Waals surface area contributed by atoms with Crippen LogP contribution in [0, 0.1) is 5.92 Å². The Balaban J connectivity index is 1.93. The van der Waals surface area contributed by atoms with E-state index in [1.165, 1.54) is 6.92 Å². The molecule has 0 spiro atoms. The molecule has 1 saturated heterocycles. The third-order valence-corrected chi connectivity index (χ3v) is 4.43. The van der Waals surface area contributed by atoms with Crippen molar-refractivity contribution in [2.75, 3.05) is 13.1 Å². The monoisotopic (exact) mass is 270 g/mol. The molecule has 0 aromatic carbocycles. The van der Waals surface area contributed by atoms with Gasteiger partial charge in [-0.05, 0) is 26.2 Å². The Labute approximate surface area is 112 Å². The van der Waals surface area contributed by atoms with E-state index in [4.69, 9.17) is 5.11 Å². The smallest absolute Gasteiger partial charge is 0.325 e. The first kappa shape index (κ1) is 14.1. The minimum absolute atomic E-state index is 0.126. The zero-order valence-corrected chi connectivity index (χ0v) is 11.3. The second-order valence-electron chi connectivity index (χ2n) is 5.75. The molecule has 3 atom stereocenters. The number of hydrogen-bond donors (Lipinski definition) is 3. The van der Waals surface area contributed by atoms with Crippen LogP contribution in [0.25, 0.3) is 0 Å². The molecule has 1 aliphatic heterocycles. The van der Waals surface area contributed by atoms with Gasteiger partial charge in [0.15, 0.2) is 0 Å². The van der Waals surface area contributed by atoms with Crippen LogP contribution in [0.15, 0.2) is 0 Å². The minimum atomic E-state index is -1.04. The molecular formula is C13H22N2O4. The Bertz CT molecular complexity index is 374. The molecule has 2 unspecified atom stereocenters. The maximum Gasteiger partial charge on any atom is 0.325 e. The Morgan fingerprint density at radius 1 is 1.37 bits per heavy atom. The van der Waals surface area contributed by atoms with Gasteiger partial charge in [0.05, 0.1) is 5.60 Å². The maximum absolute atomic E-state index is 12.0. The molecule has 0 radical (unpaired) electrons. The predicted octanol–water partition coefficient (Wildman–Crippen LogP) is 0.796. The number of rotatable bonds is 2. The number of aliphatic carboxylic acids is 1. The van der Waals surface area contributed by atoms with Gasteiger partial charge in [0.2, 0.25) is 0 Å². The molecule has 2 rings (SSSR count). The fourth-order valence-electron chi connectivity index (χ4n) is 3.09. The molecule has 0 aromatic heterocycles. The van der Waals surface area contributed by atoms with Gasteiger partial charge in [-0.25, -0.2) is 4.79 Å². The largest absolute Gasteiger partial charge is 0.480 e. The quantitative estimate of drug-likeness (QED) is 0.692. The van der Waals surface area contributed by atoms with Gasteiger partial charge in [0, 0.05) is 19.0 Å². The van der Waals surface area contributed by atoms with Crippen molar-refractivity contribution < 1.29 is 19.8 Å². The highest BCUT2D eigenvalue weighted by Gasteiger charge is 2.43. The van der Waals surface area contributed by atoms with E-state index >= 15 is 0 Å². The van der Waals surface area contributed by atoms with Crippen LogP contribution in [0.2, 0.25) is 0 Å². The molecule has 2 aliphatic rings. The lowest BCUT2D eigenvalue weighted by Crippen LogP contribution is -2.57. The molecule has 2 amide bonds. The fraction of sp³-hybridized carbons (Fsp3) is 0.846. The number of urea groups is 1. The number of carbonyl (C=O) groups excluding carboxylic acids is 1. The highest BCUT2D eigenvalue weighted by molar-refractivity contribution is 5.82. The zero-order valence-electron chi connectivity index (χ0n) is 11.3. The van der Waals surface area contributed by atoms with Crippen molar-refractivity contribution in [1.82, 2.24) is 10.2 Å². The first-order chi connectivity index (χ1) is 8.92. The third-order valence-electron chi connectivity index (χ3n) is 4.43. The lowest BCUT2D eigenvalue weighted by atomic mass is 9.71. The fourth-order valence-corrected chi connectivity index (χ4v) is 3.09. The van der Waals surface area contributed by atoms with E-state index in [9.17, 15) is 14.7 Å². The van der Waals surface area contributed by atoms with Gasteiger partial charge in [-0.3, -0.25) is 4.79 Å². The Morgan fingerprint density at radius 3 is 2.79 bits per heavy atom. The van der Waals surface area contributed by atoms with E-state index in [1.807, 2.05) is 0 Å². The van der Waals surface area contributed by atoms with Crippen LogP contribution in [-0.4, -0.2) is 51.8 Å². The first-order valence-electron chi connectivity index (χ1n) is 6.93. The summed E-state index contributed by atoms with van der Waals surface area (Å²) in [5, 5.41) is 21.8. The lowest BCUT2D eigenvalue weighted by Gasteiger charge is -2.47. The summed E-state index contributed by atoms with van der Waals surface area (Å²) in [5.41, 5.74) is -0.618. The van der Waals surface area contributed by atoms with Crippen molar-refractivity contribution >= 4 is 12.0 Å². The molecular weight excluding hydrogens is 248 g/mol. The number of fused-ring (bicyclic) bond motifs is 1. The average Bonchev–Trinajstić information content (AvgIpc) is 2.37. The van der Waals surface area contributed by atoms with Crippen LogP contribution in [0.3, 0.4) is 0 Å². The van der Waals surface area contributed by atoms with Crippen LogP contribution >= 0.6 is 0 Å². The second-order valence-corrected chi connectivity index (χ2v) is 5.75. The van der Waals surface area contributed by atoms with E-state index in [0.29, 0.717) is 19.5 Å². The Kier molecular flexibility index (Phi) is 3.99. The van der Waals surface area contributed by atoms with Crippen LogP contribution in [-0.2, 0) is 4.79 Å². The third kappa shape index (κ3) is 3.00. The van der Waals surface area contributed by atoms with Crippen molar-refractivity contribution in [3.8, 4) is 0 Å². The Hall–Kier alpha value is -1.30. The SMILES string of the molecule is C[C@@H](NC(=O)N1CCC2(O)CCCCC2C1)C(=O)O. The predicted molar refractivity (Wildman–Crippen MR) is 68.7 cm³/mol. The summed E-state index contributed by atoms with van der Waals surface area (Å²) < 4.78 is 0. The second kappa shape index (κ2) is 5.36. The number of likely N-dealkylation sites (tertiary alicyclic amines) is 1. The standard InChI is InChI=1S/C13H22N2O4/c1-9(11(16)17)14-12(18)15-7-6-13(19)5-3-2-4-10(13)8-15/h9-10,19H,2-8H2,1H3,(H,14,18)(H,16,17)/t9-,10?,13?/m1/s1. The molecule has 0 aromatic rings. The van der Waals surface area contributed by atoms with E-state index in [0.717, 1.165) is 25.7 Å². The molecule has 6 nitrogen and oxygen atoms in total. The summed E-state index contributed by atoms with van der Waals surface area (Å²) in [5.74, 6) is -0.916. The molecule has 6 heteroatoms. The van der Waals surface area contributed by atoms with Crippen LogP contribution < -0.4 is 5.32 Å². The summed E-state index contributed by atoms with van der Waals surface area (Å²) in [6.07, 6.45) is 4.49. The van der Waals surface area contributed by atoms with Gasteiger partial charge < -0.3 is 20.4 Å². The first-order valence-corrected chi connectivity index (χ1v) is 6.93. The molecule has 1 saturated carbocycles. The highest BCUT2D eigenvalue weighted by Crippen LogP contribution is 2.39. The van der Waals surface area contributed by atoms with Gasteiger partial charge in [-0.1, -0.05) is 12.8 Å². The number of carbonyl (C=O) groups is 2. The summed E-state index contributed by atoms with van der Waals surface area (Å²) in [7, 11) is 0. The zero-order chi connectivity index (χ0) is 14.0. The topological polar surface area (TPSA) is 89.9 Å². The number of carboxylic acids is 1. The van der Waals surface area contributed by atoms with E-state index in [1.54, 1.807) is 4.90 Å². The molecule has 3 N–H and O–H groups in total. The van der Waals surface area contributed by atoms with Crippen LogP contribution in [0.1, 0.15) is 39.0 Å². The van der Waals surface area contributed by atoms with Gasteiger partial charge in [0.1, 0.15) is 6.04 Å². The van der Waals surface area contributed by atoms with Crippen LogP contribution in [0.5, 0.6) is 0 Å². The molecule has 19 heavy (non-hydrogen) atoms. The molecule has 108 valence electrons. The number of nitrogens with zero attached hydrogens (tertiary/aromatic N) is 1. The molecule has 0 bridgehead atoms. The van der Waals surface area contributed by atoms with E-state index in [-0.39, 0.29) is 11.9 Å². The number of carboxylic acid groups (broad SMARTS) is 1. The molecule has 1 aliphatic carbocycles. The maximum atomic E-state index is 12.0. The molecule has 2 fully saturated rings. The van der Waals surface area contributed by atoms with E-state index in [2.05, 4.69) is 5.32 Å². The van der Waals surface area contributed by atoms with Gasteiger partial charge in [-0.2, -0.15) is 0 Å². The number of hydrogen-bond acceptors (Lipinski definition) is 3. The normalized spacial score (nSPS) is 32.3. The van der Waals surface area contributed by atoms with Crippen molar-refractivity contribution in [2.24, 2.45) is 5.92 Å². The van der Waals surface area contributed by atoms with Crippen molar-refractivity contribution in [3.05, 3.63) is 0 Å². The number of piperidine rings is 1. The number of amides is 2. The summed E-state index contributed by atoms with van der Waals surface area (Å²) in [6.45, 7) is 2.46. The van der Waals surface area contributed by atoms with E-state index < -0.39 is 17.6 Å². The van der Waals surface area contributed by atoms with Gasteiger partial charge in [-0.15, -0.1) is 0 Å².